The van der Waals surface area contributed by atoms with Crippen LogP contribution in [0.3, 0.4) is 0 Å². The summed E-state index contributed by atoms with van der Waals surface area (Å²) in [4.78, 5) is 9.17. The Morgan fingerprint density at radius 3 is 1.33 bits per heavy atom. The maximum absolute atomic E-state index is 9.17. The molecule has 0 atom stereocenters. The van der Waals surface area contributed by atoms with Gasteiger partial charge in [0.2, 0.25) is 4.45 Å². The molecular formula is CH7NO4S3. The monoisotopic (exact) mass is 193 g/mol. The SMILES string of the molecule is N.O=C(S)S.O=S(O)O. The van der Waals surface area contributed by atoms with Crippen molar-refractivity contribution in [2.45, 2.75) is 0 Å². The maximum atomic E-state index is 9.17. The van der Waals surface area contributed by atoms with E-state index in [1.807, 2.05) is 0 Å². The Hall–Kier alpha value is 0.400. The van der Waals surface area contributed by atoms with Gasteiger partial charge in [-0.05, 0) is 0 Å². The average molecular weight is 193 g/mol. The van der Waals surface area contributed by atoms with Gasteiger partial charge in [0, 0.05) is 0 Å². The van der Waals surface area contributed by atoms with Crippen LogP contribution in [0.15, 0.2) is 0 Å². The highest BCUT2D eigenvalue weighted by atomic mass is 32.2. The van der Waals surface area contributed by atoms with Gasteiger partial charge in [-0.2, -0.15) is 4.21 Å². The lowest BCUT2D eigenvalue weighted by atomic mass is 11.8. The van der Waals surface area contributed by atoms with Crippen molar-refractivity contribution in [3.63, 3.8) is 0 Å². The smallest absolute Gasteiger partial charge is 0.299 e. The molecule has 0 amide bonds. The van der Waals surface area contributed by atoms with Gasteiger partial charge in [-0.15, -0.1) is 0 Å². The van der Waals surface area contributed by atoms with Gasteiger partial charge in [0.15, 0.2) is 0 Å². The Balaban J connectivity index is -0.0000000720. The van der Waals surface area contributed by atoms with Crippen LogP contribution in [0, 0.1) is 0 Å². The van der Waals surface area contributed by atoms with Crippen LogP contribution in [-0.2, 0) is 11.4 Å². The molecule has 0 aliphatic rings. The fraction of sp³-hybridized carbons (Fsp3) is 0. The molecule has 5 nitrogen and oxygen atoms in total. The molecule has 0 heterocycles. The van der Waals surface area contributed by atoms with E-state index in [4.69, 9.17) is 13.3 Å². The van der Waals surface area contributed by atoms with E-state index < -0.39 is 15.8 Å². The van der Waals surface area contributed by atoms with Crippen LogP contribution >= 0.6 is 25.3 Å². The molecule has 0 aromatic carbocycles. The second-order valence-corrected chi connectivity index (χ2v) is 2.14. The third-order valence-electron chi connectivity index (χ3n) is 0. The van der Waals surface area contributed by atoms with Crippen molar-refractivity contribution < 1.29 is 18.1 Å². The summed E-state index contributed by atoms with van der Waals surface area (Å²) in [7, 11) is 0. The fourth-order valence-electron chi connectivity index (χ4n) is 0. The summed E-state index contributed by atoms with van der Waals surface area (Å²) < 4.78 is 22.4. The van der Waals surface area contributed by atoms with Crippen molar-refractivity contribution in [1.82, 2.24) is 6.15 Å². The minimum Gasteiger partial charge on any atom is -0.344 e. The van der Waals surface area contributed by atoms with E-state index in [-0.39, 0.29) is 6.15 Å². The number of hydrogen-bond donors (Lipinski definition) is 5. The lowest BCUT2D eigenvalue weighted by molar-refractivity contribution is 0.277. The summed E-state index contributed by atoms with van der Waals surface area (Å²) in [6.07, 6.45) is 0. The van der Waals surface area contributed by atoms with Crippen LogP contribution < -0.4 is 6.15 Å². The van der Waals surface area contributed by atoms with Crippen molar-refractivity contribution >= 4 is 41.1 Å². The molecule has 0 aromatic heterocycles. The summed E-state index contributed by atoms with van der Waals surface area (Å²) in [6.45, 7) is 0. The molecule has 8 heteroatoms. The Labute approximate surface area is 65.7 Å². The Kier molecular flexibility index (Phi) is 20.2. The minimum atomic E-state index is -2.61. The highest BCUT2D eigenvalue weighted by molar-refractivity contribution is 8.23. The van der Waals surface area contributed by atoms with Gasteiger partial charge in [0.25, 0.3) is 11.4 Å². The zero-order chi connectivity index (χ0) is 7.15. The topological polar surface area (TPSA) is 110 Å². The summed E-state index contributed by atoms with van der Waals surface area (Å²) in [5, 5.41) is 0. The highest BCUT2D eigenvalue weighted by Crippen LogP contribution is 1.81. The molecule has 9 heavy (non-hydrogen) atoms. The zero-order valence-corrected chi connectivity index (χ0v) is 6.83. The first kappa shape index (κ1) is 16.2. The van der Waals surface area contributed by atoms with E-state index in [1.54, 1.807) is 0 Å². The second-order valence-electron chi connectivity index (χ2n) is 0.513. The van der Waals surface area contributed by atoms with Crippen LogP contribution in [0.1, 0.15) is 0 Å². The fourth-order valence-corrected chi connectivity index (χ4v) is 0. The lowest BCUT2D eigenvalue weighted by Gasteiger charge is -1.59. The molecule has 0 bridgehead atoms. The highest BCUT2D eigenvalue weighted by Gasteiger charge is 1.65. The number of hydrogen-bond acceptors (Lipinski definition) is 3. The maximum Gasteiger partial charge on any atom is 0.299 e. The zero-order valence-electron chi connectivity index (χ0n) is 4.22. The van der Waals surface area contributed by atoms with Crippen LogP contribution in [0.5, 0.6) is 0 Å². The lowest BCUT2D eigenvalue weighted by Crippen LogP contribution is -1.74. The van der Waals surface area contributed by atoms with Gasteiger partial charge in [0.05, 0.1) is 0 Å². The van der Waals surface area contributed by atoms with Crippen LogP contribution in [-0.4, -0.2) is 17.8 Å². The summed E-state index contributed by atoms with van der Waals surface area (Å²) >= 11 is 3.77. The Morgan fingerprint density at radius 2 is 1.33 bits per heavy atom. The molecule has 5 N–H and O–H groups in total. The molecule has 0 spiro atoms. The molecule has 0 saturated heterocycles. The molecule has 0 aliphatic carbocycles. The number of thiol groups is 2. The first-order valence-corrected chi connectivity index (χ1v) is 3.14. The van der Waals surface area contributed by atoms with E-state index in [9.17, 15) is 4.79 Å². The quantitative estimate of drug-likeness (QED) is 0.289. The summed E-state index contributed by atoms with van der Waals surface area (Å²) in [6, 6.07) is 0. The molecule has 0 saturated carbocycles. The average Bonchev–Trinajstić information content (AvgIpc) is 1.25. The molecule has 0 aromatic rings. The first-order valence-electron chi connectivity index (χ1n) is 1.18. The van der Waals surface area contributed by atoms with E-state index in [2.05, 4.69) is 25.3 Å². The molecule has 58 valence electrons. The van der Waals surface area contributed by atoms with E-state index in [0.29, 0.717) is 0 Å². The van der Waals surface area contributed by atoms with Crippen molar-refractivity contribution in [3.05, 3.63) is 0 Å². The second kappa shape index (κ2) is 11.2. The molecular weight excluding hydrogens is 186 g/mol. The normalized spacial score (nSPS) is 6.78. The third kappa shape index (κ3) is 2150. The largest absolute Gasteiger partial charge is 0.344 e. The number of carbonyl (C=O) groups excluding carboxylic acids is 1. The molecule has 0 rings (SSSR count). The first-order chi connectivity index (χ1) is 3.46. The summed E-state index contributed by atoms with van der Waals surface area (Å²) in [5.41, 5.74) is 0. The predicted molar refractivity (Wildman–Crippen MR) is 41.8 cm³/mol. The van der Waals surface area contributed by atoms with Gasteiger partial charge in [-0.3, -0.25) is 13.9 Å². The van der Waals surface area contributed by atoms with Crippen LogP contribution in [0.2, 0.25) is 0 Å². The minimum absolute atomic E-state index is 0. The number of carbonyl (C=O) groups is 1. The van der Waals surface area contributed by atoms with Gasteiger partial charge in [-0.25, -0.2) is 0 Å². The van der Waals surface area contributed by atoms with Crippen molar-refractivity contribution in [1.29, 1.82) is 0 Å². The van der Waals surface area contributed by atoms with Crippen molar-refractivity contribution in [2.24, 2.45) is 0 Å². The molecule has 0 unspecified atom stereocenters. The van der Waals surface area contributed by atoms with E-state index in [0.717, 1.165) is 0 Å². The van der Waals surface area contributed by atoms with Crippen LogP contribution in [0.25, 0.3) is 0 Å². The number of rotatable bonds is 0. The van der Waals surface area contributed by atoms with Crippen molar-refractivity contribution in [3.8, 4) is 0 Å². The standard InChI is InChI=1S/CH2OS2.H3N.H2O3S/c2-1(3)4;;1-4(2)3/h(H2,2,3,4);1H3;(H2,1,2,3). The van der Waals surface area contributed by atoms with Gasteiger partial charge in [0.1, 0.15) is 0 Å². The van der Waals surface area contributed by atoms with E-state index >= 15 is 0 Å². The van der Waals surface area contributed by atoms with Gasteiger partial charge in [-0.1, -0.05) is 25.3 Å². The van der Waals surface area contributed by atoms with Gasteiger partial charge < -0.3 is 6.15 Å². The molecule has 0 fully saturated rings. The van der Waals surface area contributed by atoms with Crippen LogP contribution in [0.4, 0.5) is 4.79 Å². The predicted octanol–water partition coefficient (Wildman–Crippen LogP) is 0.809. The van der Waals surface area contributed by atoms with E-state index in [1.165, 1.54) is 0 Å². The third-order valence-corrected chi connectivity index (χ3v) is 0. The van der Waals surface area contributed by atoms with Crippen molar-refractivity contribution in [2.75, 3.05) is 0 Å². The molecule has 0 aliphatic heterocycles. The Bertz CT molecular complexity index is 73.8. The van der Waals surface area contributed by atoms with Gasteiger partial charge >= 0.3 is 0 Å². The summed E-state index contributed by atoms with van der Waals surface area (Å²) in [5.74, 6) is 0. The molecule has 0 radical (unpaired) electrons. The Morgan fingerprint density at radius 1 is 1.33 bits per heavy atom.